The predicted octanol–water partition coefficient (Wildman–Crippen LogP) is 2.51. The maximum atomic E-state index is 6.02. The van der Waals surface area contributed by atoms with Crippen LogP contribution in [0.15, 0.2) is 12.1 Å². The van der Waals surface area contributed by atoms with Crippen molar-refractivity contribution in [2.75, 3.05) is 27.8 Å². The van der Waals surface area contributed by atoms with Crippen molar-refractivity contribution in [2.45, 2.75) is 12.8 Å². The van der Waals surface area contributed by atoms with E-state index < -0.39 is 0 Å². The van der Waals surface area contributed by atoms with Gasteiger partial charge in [-0.05, 0) is 38.1 Å². The molecule has 0 atom stereocenters. The summed E-state index contributed by atoms with van der Waals surface area (Å²) >= 11 is 6.02. The largest absolute Gasteiger partial charge is 0.496 e. The third-order valence-corrected chi connectivity index (χ3v) is 2.72. The van der Waals surface area contributed by atoms with Crippen LogP contribution in [0.1, 0.15) is 12.0 Å². The smallest absolute Gasteiger partial charge is 0.137 e. The fraction of sp³-hybridized carbons (Fsp3) is 0.500. The lowest BCUT2D eigenvalue weighted by atomic mass is 10.1. The van der Waals surface area contributed by atoms with Gasteiger partial charge in [-0.25, -0.2) is 0 Å². The van der Waals surface area contributed by atoms with E-state index in [1.54, 1.807) is 20.3 Å². The summed E-state index contributed by atoms with van der Waals surface area (Å²) in [7, 11) is 5.21. The van der Waals surface area contributed by atoms with E-state index in [2.05, 4.69) is 5.32 Å². The minimum Gasteiger partial charge on any atom is -0.496 e. The lowest BCUT2D eigenvalue weighted by Crippen LogP contribution is -2.08. The number of aryl methyl sites for hydroxylation is 1. The Kier molecular flexibility index (Phi) is 5.43. The van der Waals surface area contributed by atoms with Gasteiger partial charge in [-0.15, -0.1) is 0 Å². The Hall–Kier alpha value is -0.930. The SMILES string of the molecule is CNCCCc1cc(OC)c(Cl)cc1OC. The highest BCUT2D eigenvalue weighted by atomic mass is 35.5. The Labute approximate surface area is 102 Å². The van der Waals surface area contributed by atoms with Crippen LogP contribution in [0, 0.1) is 0 Å². The number of halogens is 1. The maximum absolute atomic E-state index is 6.02. The minimum atomic E-state index is 0.580. The highest BCUT2D eigenvalue weighted by molar-refractivity contribution is 6.32. The van der Waals surface area contributed by atoms with Crippen LogP contribution < -0.4 is 14.8 Å². The standard InChI is InChI=1S/C12H18ClNO2/c1-14-6-4-5-9-7-12(16-3)10(13)8-11(9)15-2/h7-8,14H,4-6H2,1-3H3. The quantitative estimate of drug-likeness (QED) is 0.779. The summed E-state index contributed by atoms with van der Waals surface area (Å²) in [6, 6.07) is 3.74. The summed E-state index contributed by atoms with van der Waals surface area (Å²) in [5, 5.41) is 3.70. The summed E-state index contributed by atoms with van der Waals surface area (Å²) in [5.74, 6) is 1.52. The van der Waals surface area contributed by atoms with Gasteiger partial charge in [0.05, 0.1) is 19.2 Å². The molecule has 0 bridgehead atoms. The molecule has 0 spiro atoms. The molecule has 0 aliphatic heterocycles. The zero-order chi connectivity index (χ0) is 12.0. The van der Waals surface area contributed by atoms with Crippen LogP contribution in [-0.4, -0.2) is 27.8 Å². The molecular weight excluding hydrogens is 226 g/mol. The van der Waals surface area contributed by atoms with Crippen molar-refractivity contribution in [3.05, 3.63) is 22.7 Å². The predicted molar refractivity (Wildman–Crippen MR) is 66.8 cm³/mol. The van der Waals surface area contributed by atoms with Crippen molar-refractivity contribution in [3.8, 4) is 11.5 Å². The van der Waals surface area contributed by atoms with Crippen molar-refractivity contribution >= 4 is 11.6 Å². The van der Waals surface area contributed by atoms with Gasteiger partial charge in [-0.1, -0.05) is 11.6 Å². The monoisotopic (exact) mass is 243 g/mol. The molecule has 0 saturated carbocycles. The van der Waals surface area contributed by atoms with E-state index in [1.165, 1.54) is 0 Å². The number of nitrogens with one attached hydrogen (secondary N) is 1. The first-order valence-corrected chi connectivity index (χ1v) is 5.65. The van der Waals surface area contributed by atoms with E-state index >= 15 is 0 Å². The first-order chi connectivity index (χ1) is 7.72. The lowest BCUT2D eigenvalue weighted by molar-refractivity contribution is 0.398. The van der Waals surface area contributed by atoms with E-state index in [-0.39, 0.29) is 0 Å². The average Bonchev–Trinajstić information content (AvgIpc) is 2.30. The Balaban J connectivity index is 2.86. The van der Waals surface area contributed by atoms with Crippen LogP contribution in [0.4, 0.5) is 0 Å². The van der Waals surface area contributed by atoms with Gasteiger partial charge in [0, 0.05) is 6.07 Å². The first kappa shape index (κ1) is 13.1. The van der Waals surface area contributed by atoms with Crippen molar-refractivity contribution in [2.24, 2.45) is 0 Å². The molecule has 0 radical (unpaired) electrons. The second-order valence-electron chi connectivity index (χ2n) is 3.51. The molecule has 0 saturated heterocycles. The third-order valence-electron chi connectivity index (χ3n) is 2.43. The highest BCUT2D eigenvalue weighted by Gasteiger charge is 2.09. The maximum Gasteiger partial charge on any atom is 0.137 e. The van der Waals surface area contributed by atoms with Crippen molar-refractivity contribution in [3.63, 3.8) is 0 Å². The molecule has 0 aliphatic carbocycles. The van der Waals surface area contributed by atoms with Crippen LogP contribution in [0.3, 0.4) is 0 Å². The van der Waals surface area contributed by atoms with Gasteiger partial charge in [0.15, 0.2) is 0 Å². The van der Waals surface area contributed by atoms with E-state index in [0.29, 0.717) is 10.8 Å². The van der Waals surface area contributed by atoms with Gasteiger partial charge >= 0.3 is 0 Å². The Bertz CT molecular complexity index is 342. The van der Waals surface area contributed by atoms with E-state index in [1.807, 2.05) is 13.1 Å². The molecule has 1 N–H and O–H groups in total. The Morgan fingerprint density at radius 2 is 1.88 bits per heavy atom. The highest BCUT2D eigenvalue weighted by Crippen LogP contribution is 2.32. The summed E-state index contributed by atoms with van der Waals surface area (Å²) < 4.78 is 10.5. The number of rotatable bonds is 6. The molecule has 16 heavy (non-hydrogen) atoms. The zero-order valence-corrected chi connectivity index (χ0v) is 10.7. The Morgan fingerprint density at radius 3 is 2.44 bits per heavy atom. The molecule has 1 aromatic carbocycles. The Morgan fingerprint density at radius 1 is 1.19 bits per heavy atom. The van der Waals surface area contributed by atoms with E-state index in [4.69, 9.17) is 21.1 Å². The van der Waals surface area contributed by atoms with E-state index in [0.717, 1.165) is 30.7 Å². The van der Waals surface area contributed by atoms with Crippen LogP contribution in [0.25, 0.3) is 0 Å². The molecule has 0 aliphatic rings. The molecule has 0 amide bonds. The van der Waals surface area contributed by atoms with Gasteiger partial charge in [-0.3, -0.25) is 0 Å². The number of benzene rings is 1. The van der Waals surface area contributed by atoms with Crippen LogP contribution >= 0.6 is 11.6 Å². The summed E-state index contributed by atoms with van der Waals surface area (Å²) in [6.07, 6.45) is 2.00. The number of methoxy groups -OCH3 is 2. The molecule has 0 fully saturated rings. The van der Waals surface area contributed by atoms with E-state index in [9.17, 15) is 0 Å². The average molecular weight is 244 g/mol. The van der Waals surface area contributed by atoms with Crippen LogP contribution in [0.5, 0.6) is 11.5 Å². The third kappa shape index (κ3) is 3.29. The van der Waals surface area contributed by atoms with Gasteiger partial charge in [0.2, 0.25) is 0 Å². The molecule has 1 rings (SSSR count). The number of hydrogen-bond acceptors (Lipinski definition) is 3. The molecule has 0 aromatic heterocycles. The first-order valence-electron chi connectivity index (χ1n) is 5.28. The van der Waals surface area contributed by atoms with Gasteiger partial charge < -0.3 is 14.8 Å². The van der Waals surface area contributed by atoms with Gasteiger partial charge in [-0.2, -0.15) is 0 Å². The molecule has 1 aromatic rings. The molecule has 0 unspecified atom stereocenters. The van der Waals surface area contributed by atoms with Crippen molar-refractivity contribution in [1.29, 1.82) is 0 Å². The molecule has 3 nitrogen and oxygen atoms in total. The van der Waals surface area contributed by atoms with Crippen LogP contribution in [-0.2, 0) is 6.42 Å². The fourth-order valence-corrected chi connectivity index (χ4v) is 1.81. The van der Waals surface area contributed by atoms with Gasteiger partial charge in [0.25, 0.3) is 0 Å². The summed E-state index contributed by atoms with van der Waals surface area (Å²) in [6.45, 7) is 0.980. The second kappa shape index (κ2) is 6.61. The summed E-state index contributed by atoms with van der Waals surface area (Å²) in [5.41, 5.74) is 1.12. The normalized spacial score (nSPS) is 10.2. The molecule has 4 heteroatoms. The van der Waals surface area contributed by atoms with Crippen molar-refractivity contribution < 1.29 is 9.47 Å². The molecule has 90 valence electrons. The lowest BCUT2D eigenvalue weighted by Gasteiger charge is -2.11. The zero-order valence-electron chi connectivity index (χ0n) is 9.97. The fourth-order valence-electron chi connectivity index (χ4n) is 1.57. The van der Waals surface area contributed by atoms with Gasteiger partial charge in [0.1, 0.15) is 11.5 Å². The topological polar surface area (TPSA) is 30.5 Å². The number of hydrogen-bond donors (Lipinski definition) is 1. The van der Waals surface area contributed by atoms with Crippen molar-refractivity contribution in [1.82, 2.24) is 5.32 Å². The summed E-state index contributed by atoms with van der Waals surface area (Å²) in [4.78, 5) is 0. The number of ether oxygens (including phenoxy) is 2. The molecule has 0 heterocycles. The van der Waals surface area contributed by atoms with Crippen LogP contribution in [0.2, 0.25) is 5.02 Å². The minimum absolute atomic E-state index is 0.580. The molecular formula is C12H18ClNO2. The second-order valence-corrected chi connectivity index (χ2v) is 3.91.